The minimum atomic E-state index is -3.34. The summed E-state index contributed by atoms with van der Waals surface area (Å²) in [5, 5.41) is 2.54. The van der Waals surface area contributed by atoms with Crippen LogP contribution in [0.25, 0.3) is 11.0 Å². The number of rotatable bonds is 7. The highest BCUT2D eigenvalue weighted by Gasteiger charge is 2.14. The van der Waals surface area contributed by atoms with Crippen LogP contribution < -0.4 is 10.9 Å². The number of para-hydroxylation sites is 2. The molecule has 0 aliphatic rings. The normalized spacial score (nSPS) is 11.8. The van der Waals surface area contributed by atoms with Gasteiger partial charge in [-0.2, -0.15) is 0 Å². The SMILES string of the molecule is CN(C)S(=O)(=O)CCNC(=O)CCc1nc2ccccc2[nH]c1=O. The Balaban J connectivity index is 1.90. The standard InChI is InChI=1S/C15H20N4O4S/c1-19(2)24(22,23)10-9-16-14(20)8-7-13-15(21)18-12-6-4-3-5-11(12)17-13/h3-6H,7-10H2,1-2H3,(H,16,20)(H,18,21). The topological polar surface area (TPSA) is 112 Å². The van der Waals surface area contributed by atoms with Crippen molar-refractivity contribution in [3.8, 4) is 0 Å². The summed E-state index contributed by atoms with van der Waals surface area (Å²) >= 11 is 0. The third kappa shape index (κ3) is 4.62. The first-order valence-electron chi connectivity index (χ1n) is 7.44. The van der Waals surface area contributed by atoms with Gasteiger partial charge in [0.05, 0.1) is 16.8 Å². The van der Waals surface area contributed by atoms with Crippen molar-refractivity contribution >= 4 is 27.0 Å². The minimum Gasteiger partial charge on any atom is -0.355 e. The summed E-state index contributed by atoms with van der Waals surface area (Å²) in [5.41, 5.74) is 1.26. The zero-order chi connectivity index (χ0) is 17.7. The highest BCUT2D eigenvalue weighted by atomic mass is 32.2. The maximum atomic E-state index is 11.9. The van der Waals surface area contributed by atoms with Crippen molar-refractivity contribution in [3.63, 3.8) is 0 Å². The molecule has 0 saturated carbocycles. The molecule has 0 radical (unpaired) electrons. The van der Waals surface area contributed by atoms with Gasteiger partial charge in [-0.3, -0.25) is 9.59 Å². The summed E-state index contributed by atoms with van der Waals surface area (Å²) in [6.07, 6.45) is 0.253. The van der Waals surface area contributed by atoms with E-state index in [0.717, 1.165) is 4.31 Å². The van der Waals surface area contributed by atoms with Gasteiger partial charge in [0.1, 0.15) is 5.69 Å². The summed E-state index contributed by atoms with van der Waals surface area (Å²) in [5.74, 6) is -0.487. The summed E-state index contributed by atoms with van der Waals surface area (Å²) in [4.78, 5) is 30.7. The second-order valence-electron chi connectivity index (χ2n) is 5.48. The molecule has 2 N–H and O–H groups in total. The third-order valence-electron chi connectivity index (χ3n) is 3.50. The quantitative estimate of drug-likeness (QED) is 0.720. The fraction of sp³-hybridized carbons (Fsp3) is 0.400. The smallest absolute Gasteiger partial charge is 0.270 e. The van der Waals surface area contributed by atoms with Gasteiger partial charge in [0.15, 0.2) is 0 Å². The molecule has 1 amide bonds. The lowest BCUT2D eigenvalue weighted by Crippen LogP contribution is -2.34. The van der Waals surface area contributed by atoms with Crippen LogP contribution in [0.15, 0.2) is 29.1 Å². The second kappa shape index (κ2) is 7.54. The minimum absolute atomic E-state index is 0.0286. The predicted octanol–water partition coefficient (Wildman–Crippen LogP) is -0.137. The fourth-order valence-electron chi connectivity index (χ4n) is 2.06. The van der Waals surface area contributed by atoms with Gasteiger partial charge in [0.25, 0.3) is 5.56 Å². The summed E-state index contributed by atoms with van der Waals surface area (Å²) in [6, 6.07) is 7.15. The summed E-state index contributed by atoms with van der Waals surface area (Å²) in [6.45, 7) is 0.0286. The number of hydrogen-bond donors (Lipinski definition) is 2. The number of amides is 1. The molecule has 1 aromatic carbocycles. The Morgan fingerprint density at radius 1 is 1.29 bits per heavy atom. The molecular weight excluding hydrogens is 332 g/mol. The van der Waals surface area contributed by atoms with Crippen LogP contribution in [0.5, 0.6) is 0 Å². The Labute approximate surface area is 140 Å². The van der Waals surface area contributed by atoms with Crippen molar-refractivity contribution in [2.24, 2.45) is 0 Å². The molecule has 0 spiro atoms. The number of hydrogen-bond acceptors (Lipinski definition) is 5. The van der Waals surface area contributed by atoms with Crippen molar-refractivity contribution in [1.29, 1.82) is 0 Å². The van der Waals surface area contributed by atoms with E-state index in [1.165, 1.54) is 14.1 Å². The van der Waals surface area contributed by atoms with E-state index < -0.39 is 10.0 Å². The molecular formula is C15H20N4O4S. The fourth-order valence-corrected chi connectivity index (χ4v) is 2.78. The van der Waals surface area contributed by atoms with Gasteiger partial charge in [-0.1, -0.05) is 12.1 Å². The van der Waals surface area contributed by atoms with Crippen molar-refractivity contribution in [1.82, 2.24) is 19.6 Å². The average Bonchev–Trinajstić information content (AvgIpc) is 2.52. The number of nitrogens with zero attached hydrogens (tertiary/aromatic N) is 2. The van der Waals surface area contributed by atoms with E-state index in [-0.39, 0.29) is 42.3 Å². The monoisotopic (exact) mass is 352 g/mol. The van der Waals surface area contributed by atoms with Crippen LogP contribution in [0.2, 0.25) is 0 Å². The van der Waals surface area contributed by atoms with Crippen LogP contribution in [0, 0.1) is 0 Å². The van der Waals surface area contributed by atoms with Gasteiger partial charge in [-0.25, -0.2) is 17.7 Å². The molecule has 0 unspecified atom stereocenters. The van der Waals surface area contributed by atoms with Crippen molar-refractivity contribution < 1.29 is 13.2 Å². The van der Waals surface area contributed by atoms with Gasteiger partial charge in [0, 0.05) is 33.5 Å². The lowest BCUT2D eigenvalue weighted by atomic mass is 10.2. The van der Waals surface area contributed by atoms with Gasteiger partial charge >= 0.3 is 0 Å². The van der Waals surface area contributed by atoms with E-state index in [2.05, 4.69) is 15.3 Å². The lowest BCUT2D eigenvalue weighted by molar-refractivity contribution is -0.120. The number of nitrogens with one attached hydrogen (secondary N) is 2. The van der Waals surface area contributed by atoms with Gasteiger partial charge in [0.2, 0.25) is 15.9 Å². The zero-order valence-corrected chi connectivity index (χ0v) is 14.4. The predicted molar refractivity (Wildman–Crippen MR) is 91.2 cm³/mol. The molecule has 8 nitrogen and oxygen atoms in total. The highest BCUT2D eigenvalue weighted by Crippen LogP contribution is 2.06. The molecule has 2 aromatic rings. The van der Waals surface area contributed by atoms with Gasteiger partial charge in [-0.15, -0.1) is 0 Å². The van der Waals surface area contributed by atoms with Crippen LogP contribution >= 0.6 is 0 Å². The number of fused-ring (bicyclic) bond motifs is 1. The van der Waals surface area contributed by atoms with Gasteiger partial charge in [-0.05, 0) is 12.1 Å². The molecule has 1 aromatic heterocycles. The Morgan fingerprint density at radius 3 is 2.71 bits per heavy atom. The number of carbonyl (C=O) groups is 1. The molecule has 1 heterocycles. The largest absolute Gasteiger partial charge is 0.355 e. The first kappa shape index (κ1) is 18.1. The van der Waals surface area contributed by atoms with Crippen LogP contribution in [-0.2, 0) is 21.2 Å². The van der Waals surface area contributed by atoms with E-state index >= 15 is 0 Å². The van der Waals surface area contributed by atoms with Crippen molar-refractivity contribution in [2.45, 2.75) is 12.8 Å². The number of aromatic amines is 1. The molecule has 0 bridgehead atoms. The van der Waals surface area contributed by atoms with E-state index in [0.29, 0.717) is 11.0 Å². The summed E-state index contributed by atoms with van der Waals surface area (Å²) < 4.78 is 24.3. The Bertz CT molecular complexity index is 890. The van der Waals surface area contributed by atoms with Crippen molar-refractivity contribution in [3.05, 3.63) is 40.3 Å². The first-order valence-corrected chi connectivity index (χ1v) is 9.05. The maximum Gasteiger partial charge on any atom is 0.270 e. The van der Waals surface area contributed by atoms with Crippen LogP contribution in [0.1, 0.15) is 12.1 Å². The molecule has 24 heavy (non-hydrogen) atoms. The average molecular weight is 352 g/mol. The van der Waals surface area contributed by atoms with Crippen LogP contribution in [0.4, 0.5) is 0 Å². The Hall–Kier alpha value is -2.26. The van der Waals surface area contributed by atoms with Crippen molar-refractivity contribution in [2.75, 3.05) is 26.4 Å². The molecule has 130 valence electrons. The van der Waals surface area contributed by atoms with Gasteiger partial charge < -0.3 is 10.3 Å². The molecule has 0 atom stereocenters. The molecule has 9 heteroatoms. The number of H-pyrrole nitrogens is 1. The van der Waals surface area contributed by atoms with E-state index in [9.17, 15) is 18.0 Å². The lowest BCUT2D eigenvalue weighted by Gasteiger charge is -2.11. The van der Waals surface area contributed by atoms with E-state index in [1.807, 2.05) is 6.07 Å². The molecule has 0 fully saturated rings. The van der Waals surface area contributed by atoms with Crippen LogP contribution in [0.3, 0.4) is 0 Å². The third-order valence-corrected chi connectivity index (χ3v) is 5.33. The number of benzene rings is 1. The Kier molecular flexibility index (Phi) is 5.68. The number of aromatic nitrogens is 2. The maximum absolute atomic E-state index is 11.9. The molecule has 0 saturated heterocycles. The van der Waals surface area contributed by atoms with Crippen LogP contribution in [-0.4, -0.2) is 55.0 Å². The first-order chi connectivity index (χ1) is 11.3. The number of aryl methyl sites for hydroxylation is 1. The highest BCUT2D eigenvalue weighted by molar-refractivity contribution is 7.89. The molecule has 0 aliphatic carbocycles. The number of carbonyl (C=O) groups excluding carboxylic acids is 1. The molecule has 2 rings (SSSR count). The van der Waals surface area contributed by atoms with E-state index in [4.69, 9.17) is 0 Å². The molecule has 0 aliphatic heterocycles. The summed E-state index contributed by atoms with van der Waals surface area (Å²) in [7, 11) is -0.462. The van der Waals surface area contributed by atoms with E-state index in [1.54, 1.807) is 18.2 Å². The number of sulfonamides is 1. The second-order valence-corrected chi connectivity index (χ2v) is 7.78. The Morgan fingerprint density at radius 2 is 2.00 bits per heavy atom. The zero-order valence-electron chi connectivity index (χ0n) is 13.6.